The van der Waals surface area contributed by atoms with Crippen molar-refractivity contribution in [3.63, 3.8) is 0 Å². The van der Waals surface area contributed by atoms with E-state index in [0.29, 0.717) is 0 Å². The molecule has 0 amide bonds. The highest BCUT2D eigenvalue weighted by Crippen LogP contribution is 2.21. The van der Waals surface area contributed by atoms with Crippen LogP contribution in [0.5, 0.6) is 0 Å². The number of hydrogen-bond donors (Lipinski definition) is 1. The maximum absolute atomic E-state index is 4.27. The van der Waals surface area contributed by atoms with Gasteiger partial charge in [0.15, 0.2) is 0 Å². The first-order valence-corrected chi connectivity index (χ1v) is 4.02. The van der Waals surface area contributed by atoms with Crippen molar-refractivity contribution in [2.45, 2.75) is 13.3 Å². The number of rotatable bonds is 3. The molecule has 0 unspecified atom stereocenters. The summed E-state index contributed by atoms with van der Waals surface area (Å²) >= 11 is 0. The molecule has 64 valence electrons. The van der Waals surface area contributed by atoms with Crippen molar-refractivity contribution in [1.82, 2.24) is 4.98 Å². The van der Waals surface area contributed by atoms with E-state index in [9.17, 15) is 0 Å². The van der Waals surface area contributed by atoms with Gasteiger partial charge in [0.05, 0.1) is 17.6 Å². The number of aliphatic imine (C=N–C) groups is 1. The number of hydrogen-bond acceptors (Lipinski definition) is 3. The van der Waals surface area contributed by atoms with Gasteiger partial charge in [0.2, 0.25) is 0 Å². The molecule has 0 saturated heterocycles. The summed E-state index contributed by atoms with van der Waals surface area (Å²) in [6, 6.07) is 1.89. The zero-order valence-electron chi connectivity index (χ0n) is 7.41. The monoisotopic (exact) mass is 163 g/mol. The predicted molar refractivity (Wildman–Crippen MR) is 52.2 cm³/mol. The number of anilines is 1. The van der Waals surface area contributed by atoms with E-state index in [-0.39, 0.29) is 0 Å². The van der Waals surface area contributed by atoms with Gasteiger partial charge in [-0.05, 0) is 12.5 Å². The van der Waals surface area contributed by atoms with Crippen LogP contribution >= 0.6 is 0 Å². The Bertz CT molecular complexity index is 268. The van der Waals surface area contributed by atoms with E-state index in [1.54, 1.807) is 12.4 Å². The summed E-state index contributed by atoms with van der Waals surface area (Å²) in [6.07, 6.45) is 6.34. The van der Waals surface area contributed by atoms with E-state index >= 15 is 0 Å². The summed E-state index contributed by atoms with van der Waals surface area (Å²) < 4.78 is 0. The minimum Gasteiger partial charge on any atom is -0.385 e. The molecule has 0 radical (unpaired) electrons. The van der Waals surface area contributed by atoms with Crippen LogP contribution in [0.4, 0.5) is 11.4 Å². The third kappa shape index (κ3) is 2.05. The predicted octanol–water partition coefficient (Wildman–Crippen LogP) is 2.24. The fourth-order valence-electron chi connectivity index (χ4n) is 0.882. The molecule has 0 atom stereocenters. The topological polar surface area (TPSA) is 37.3 Å². The average molecular weight is 163 g/mol. The summed E-state index contributed by atoms with van der Waals surface area (Å²) in [5.74, 6) is 0. The zero-order chi connectivity index (χ0) is 8.81. The van der Waals surface area contributed by atoms with Crippen LogP contribution in [0, 0.1) is 0 Å². The summed E-state index contributed by atoms with van der Waals surface area (Å²) in [6.45, 7) is 2.06. The number of aromatic nitrogens is 1. The van der Waals surface area contributed by atoms with Crippen LogP contribution in [-0.2, 0) is 0 Å². The third-order valence-corrected chi connectivity index (χ3v) is 1.48. The smallest absolute Gasteiger partial charge is 0.0888 e. The van der Waals surface area contributed by atoms with E-state index in [4.69, 9.17) is 0 Å². The van der Waals surface area contributed by atoms with Crippen molar-refractivity contribution in [3.8, 4) is 0 Å². The molecule has 1 rings (SSSR count). The summed E-state index contributed by atoms with van der Waals surface area (Å²) in [5.41, 5.74) is 1.90. The average Bonchev–Trinajstić information content (AvgIpc) is 2.15. The maximum atomic E-state index is 4.27. The molecule has 0 aliphatic rings. The molecule has 1 heterocycles. The van der Waals surface area contributed by atoms with Gasteiger partial charge in [0.25, 0.3) is 0 Å². The second-order valence-corrected chi connectivity index (χ2v) is 2.36. The lowest BCUT2D eigenvalue weighted by molar-refractivity contribution is 1.28. The van der Waals surface area contributed by atoms with Gasteiger partial charge < -0.3 is 5.32 Å². The molecule has 0 aliphatic heterocycles. The third-order valence-electron chi connectivity index (χ3n) is 1.48. The number of nitrogens with one attached hydrogen (secondary N) is 1. The van der Waals surface area contributed by atoms with E-state index in [1.165, 1.54) is 0 Å². The summed E-state index contributed by atoms with van der Waals surface area (Å²) in [4.78, 5) is 8.26. The molecule has 1 aromatic rings. The highest BCUT2D eigenvalue weighted by molar-refractivity contribution is 5.71. The Balaban J connectivity index is 2.89. The molecule has 3 heteroatoms. The van der Waals surface area contributed by atoms with Crippen molar-refractivity contribution in [2.24, 2.45) is 4.99 Å². The van der Waals surface area contributed by atoms with E-state index in [2.05, 4.69) is 22.2 Å². The quantitative estimate of drug-likeness (QED) is 0.694. The van der Waals surface area contributed by atoms with Crippen LogP contribution in [0.2, 0.25) is 0 Å². The highest BCUT2D eigenvalue weighted by Gasteiger charge is 1.94. The summed E-state index contributed by atoms with van der Waals surface area (Å²) in [7, 11) is 1.86. The lowest BCUT2D eigenvalue weighted by atomic mass is 10.3. The molecular weight excluding hydrogens is 150 g/mol. The van der Waals surface area contributed by atoms with Gasteiger partial charge >= 0.3 is 0 Å². The van der Waals surface area contributed by atoms with Crippen molar-refractivity contribution in [3.05, 3.63) is 18.5 Å². The van der Waals surface area contributed by atoms with Gasteiger partial charge in [0.1, 0.15) is 0 Å². The van der Waals surface area contributed by atoms with E-state index in [0.717, 1.165) is 17.8 Å². The molecule has 3 nitrogen and oxygen atoms in total. The van der Waals surface area contributed by atoms with Crippen LogP contribution in [0.3, 0.4) is 0 Å². The van der Waals surface area contributed by atoms with Crippen LogP contribution in [-0.4, -0.2) is 18.2 Å². The second kappa shape index (κ2) is 4.49. The Labute approximate surface area is 72.6 Å². The van der Waals surface area contributed by atoms with Crippen molar-refractivity contribution < 1.29 is 0 Å². The molecule has 0 bridgehead atoms. The van der Waals surface area contributed by atoms with Crippen molar-refractivity contribution in [2.75, 3.05) is 12.4 Å². The zero-order valence-corrected chi connectivity index (χ0v) is 7.41. The fourth-order valence-corrected chi connectivity index (χ4v) is 0.882. The Hall–Kier alpha value is -1.38. The first kappa shape index (κ1) is 8.71. The minimum atomic E-state index is 0.939. The SMILES string of the molecule is CCC=Nc1ccncc1NC. The largest absolute Gasteiger partial charge is 0.385 e. The van der Waals surface area contributed by atoms with E-state index in [1.807, 2.05) is 19.3 Å². The molecule has 0 aromatic carbocycles. The van der Waals surface area contributed by atoms with Crippen LogP contribution in [0.25, 0.3) is 0 Å². The van der Waals surface area contributed by atoms with Gasteiger partial charge in [-0.2, -0.15) is 0 Å². The van der Waals surface area contributed by atoms with Gasteiger partial charge in [-0.25, -0.2) is 0 Å². The first-order valence-electron chi connectivity index (χ1n) is 4.02. The van der Waals surface area contributed by atoms with Gasteiger partial charge in [-0.15, -0.1) is 0 Å². The lowest BCUT2D eigenvalue weighted by Gasteiger charge is -2.01. The van der Waals surface area contributed by atoms with Crippen LogP contribution < -0.4 is 5.32 Å². The molecule has 1 aromatic heterocycles. The molecule has 1 N–H and O–H groups in total. The van der Waals surface area contributed by atoms with E-state index < -0.39 is 0 Å². The molecule has 0 spiro atoms. The molecule has 0 saturated carbocycles. The lowest BCUT2D eigenvalue weighted by Crippen LogP contribution is -1.88. The number of nitrogens with zero attached hydrogens (tertiary/aromatic N) is 2. The molecular formula is C9H13N3. The minimum absolute atomic E-state index is 0.939. The Morgan fingerprint density at radius 2 is 2.50 bits per heavy atom. The fraction of sp³-hybridized carbons (Fsp3) is 0.333. The van der Waals surface area contributed by atoms with Gasteiger partial charge in [-0.3, -0.25) is 9.98 Å². The van der Waals surface area contributed by atoms with Crippen LogP contribution in [0.1, 0.15) is 13.3 Å². The Morgan fingerprint density at radius 3 is 3.17 bits per heavy atom. The maximum Gasteiger partial charge on any atom is 0.0888 e. The van der Waals surface area contributed by atoms with Gasteiger partial charge in [0, 0.05) is 19.5 Å². The summed E-state index contributed by atoms with van der Waals surface area (Å²) in [5, 5.41) is 3.03. The Kier molecular flexibility index (Phi) is 3.26. The molecule has 0 fully saturated rings. The first-order chi connectivity index (χ1) is 5.88. The van der Waals surface area contributed by atoms with Crippen molar-refractivity contribution >= 4 is 17.6 Å². The van der Waals surface area contributed by atoms with Crippen molar-refractivity contribution in [1.29, 1.82) is 0 Å². The van der Waals surface area contributed by atoms with Crippen LogP contribution in [0.15, 0.2) is 23.5 Å². The number of pyridine rings is 1. The second-order valence-electron chi connectivity index (χ2n) is 2.36. The highest BCUT2D eigenvalue weighted by atomic mass is 14.9. The molecule has 12 heavy (non-hydrogen) atoms. The molecule has 0 aliphatic carbocycles. The van der Waals surface area contributed by atoms with Gasteiger partial charge in [-0.1, -0.05) is 6.92 Å². The Morgan fingerprint density at radius 1 is 1.67 bits per heavy atom. The normalized spacial score (nSPS) is 10.5. The standard InChI is InChI=1S/C9H13N3/c1-3-5-12-8-4-6-11-7-9(8)10-2/h4-7,10H,3H2,1-2H3.